The van der Waals surface area contributed by atoms with E-state index in [1.165, 1.54) is 0 Å². The van der Waals surface area contributed by atoms with Gasteiger partial charge in [0, 0.05) is 33.8 Å². The van der Waals surface area contributed by atoms with Crippen LogP contribution in [0.15, 0.2) is 29.3 Å². The second-order valence-electron chi connectivity index (χ2n) is 7.27. The van der Waals surface area contributed by atoms with Gasteiger partial charge in [-0.25, -0.2) is 9.79 Å². The van der Waals surface area contributed by atoms with E-state index < -0.39 is 5.60 Å². The first-order valence-corrected chi connectivity index (χ1v) is 9.28. The first kappa shape index (κ1) is 26.4. The summed E-state index contributed by atoms with van der Waals surface area (Å²) in [6.45, 7) is 10.8. The van der Waals surface area contributed by atoms with Crippen LogP contribution in [-0.4, -0.2) is 56.4 Å². The molecule has 1 amide bonds. The molecule has 0 saturated heterocycles. The Morgan fingerprint density at radius 2 is 1.75 bits per heavy atom. The number of hydrogen-bond donors (Lipinski definition) is 2. The third kappa shape index (κ3) is 11.3. The summed E-state index contributed by atoms with van der Waals surface area (Å²) in [5.74, 6) is 0.767. The van der Waals surface area contributed by atoms with Crippen LogP contribution in [-0.2, 0) is 22.6 Å². The van der Waals surface area contributed by atoms with E-state index in [1.54, 1.807) is 19.1 Å². The lowest BCUT2D eigenvalue weighted by molar-refractivity contribution is 0.0285. The van der Waals surface area contributed by atoms with E-state index in [4.69, 9.17) is 9.47 Å². The summed E-state index contributed by atoms with van der Waals surface area (Å²) >= 11 is 0. The number of benzene rings is 1. The van der Waals surface area contributed by atoms with Gasteiger partial charge in [0.2, 0.25) is 0 Å². The van der Waals surface area contributed by atoms with Gasteiger partial charge in [-0.05, 0) is 38.8 Å². The highest BCUT2D eigenvalue weighted by molar-refractivity contribution is 14.0. The van der Waals surface area contributed by atoms with E-state index in [0.717, 1.165) is 23.6 Å². The SMILES string of the molecule is CCNC(=NCc1ccc(CN(C)C(=O)OC(C)(C)C)cc1)NCCOC.I. The number of hydrogen-bond acceptors (Lipinski definition) is 4. The van der Waals surface area contributed by atoms with Crippen molar-refractivity contribution in [2.75, 3.05) is 33.9 Å². The molecule has 0 spiro atoms. The molecule has 0 heterocycles. The van der Waals surface area contributed by atoms with Gasteiger partial charge in [0.25, 0.3) is 0 Å². The maximum Gasteiger partial charge on any atom is 0.410 e. The van der Waals surface area contributed by atoms with Gasteiger partial charge < -0.3 is 25.0 Å². The lowest BCUT2D eigenvalue weighted by Crippen LogP contribution is -2.38. The molecule has 1 aromatic carbocycles. The molecule has 2 N–H and O–H groups in total. The molecule has 0 saturated carbocycles. The standard InChI is InChI=1S/C20H34N4O3.HI/c1-7-21-18(22-12-13-26-6)23-14-16-8-10-17(11-9-16)15-24(5)19(25)27-20(2,3)4;/h8-11H,7,12-15H2,1-6H3,(H2,21,22,23);1H. The molecule has 0 aliphatic carbocycles. The fraction of sp³-hybridized carbons (Fsp3) is 0.600. The third-order valence-corrected chi connectivity index (χ3v) is 3.51. The molecule has 160 valence electrons. The lowest BCUT2D eigenvalue weighted by Gasteiger charge is -2.24. The molecule has 0 bridgehead atoms. The van der Waals surface area contributed by atoms with Crippen LogP contribution in [0.5, 0.6) is 0 Å². The Hall–Kier alpha value is -1.55. The van der Waals surface area contributed by atoms with Gasteiger partial charge in [-0.15, -0.1) is 24.0 Å². The molecule has 7 nitrogen and oxygen atoms in total. The van der Waals surface area contributed by atoms with Crippen molar-refractivity contribution in [1.29, 1.82) is 0 Å². The van der Waals surface area contributed by atoms with Crippen LogP contribution >= 0.6 is 24.0 Å². The molecule has 28 heavy (non-hydrogen) atoms. The van der Waals surface area contributed by atoms with Crippen LogP contribution in [0.25, 0.3) is 0 Å². The van der Waals surface area contributed by atoms with Gasteiger partial charge >= 0.3 is 6.09 Å². The van der Waals surface area contributed by atoms with Gasteiger partial charge in [-0.3, -0.25) is 0 Å². The van der Waals surface area contributed by atoms with Crippen LogP contribution in [0.3, 0.4) is 0 Å². The number of halogens is 1. The number of amides is 1. The largest absolute Gasteiger partial charge is 0.444 e. The Bertz CT molecular complexity index is 600. The second-order valence-corrected chi connectivity index (χ2v) is 7.27. The summed E-state index contributed by atoms with van der Waals surface area (Å²) in [7, 11) is 3.41. The minimum atomic E-state index is -0.491. The zero-order chi connectivity index (χ0) is 20.3. The maximum absolute atomic E-state index is 12.0. The number of nitrogens with one attached hydrogen (secondary N) is 2. The molecule has 0 unspecified atom stereocenters. The second kappa shape index (κ2) is 13.6. The first-order chi connectivity index (χ1) is 12.7. The minimum Gasteiger partial charge on any atom is -0.444 e. The Balaban J connectivity index is 0.00000729. The van der Waals surface area contributed by atoms with E-state index in [2.05, 4.69) is 15.6 Å². The van der Waals surface area contributed by atoms with Crippen molar-refractivity contribution in [2.45, 2.75) is 46.4 Å². The zero-order valence-electron chi connectivity index (χ0n) is 17.9. The Morgan fingerprint density at radius 1 is 1.14 bits per heavy atom. The predicted molar refractivity (Wildman–Crippen MR) is 124 cm³/mol. The molecular weight excluding hydrogens is 471 g/mol. The zero-order valence-corrected chi connectivity index (χ0v) is 20.2. The highest BCUT2D eigenvalue weighted by atomic mass is 127. The maximum atomic E-state index is 12.0. The van der Waals surface area contributed by atoms with Crippen LogP contribution in [0, 0.1) is 0 Å². The summed E-state index contributed by atoms with van der Waals surface area (Å²) in [5.41, 5.74) is 1.65. The molecule has 0 radical (unpaired) electrons. The van der Waals surface area contributed by atoms with E-state index >= 15 is 0 Å². The Labute approximate surface area is 186 Å². The monoisotopic (exact) mass is 506 g/mol. The fourth-order valence-electron chi connectivity index (χ4n) is 2.21. The highest BCUT2D eigenvalue weighted by Crippen LogP contribution is 2.12. The predicted octanol–water partition coefficient (Wildman–Crippen LogP) is 3.37. The van der Waals surface area contributed by atoms with Gasteiger partial charge in [0.1, 0.15) is 5.60 Å². The number of ether oxygens (including phenoxy) is 2. The smallest absolute Gasteiger partial charge is 0.410 e. The van der Waals surface area contributed by atoms with E-state index in [0.29, 0.717) is 26.2 Å². The average molecular weight is 506 g/mol. The number of rotatable bonds is 8. The fourth-order valence-corrected chi connectivity index (χ4v) is 2.21. The van der Waals surface area contributed by atoms with Crippen molar-refractivity contribution in [3.8, 4) is 0 Å². The average Bonchev–Trinajstić information content (AvgIpc) is 2.59. The molecular formula is C20H35IN4O3. The molecule has 1 aromatic rings. The molecule has 1 rings (SSSR count). The minimum absolute atomic E-state index is 0. The van der Waals surface area contributed by atoms with Crippen LogP contribution in [0.2, 0.25) is 0 Å². The number of methoxy groups -OCH3 is 1. The van der Waals surface area contributed by atoms with Gasteiger partial charge in [-0.1, -0.05) is 24.3 Å². The van der Waals surface area contributed by atoms with E-state index in [1.807, 2.05) is 52.0 Å². The molecule has 0 aliphatic rings. The van der Waals surface area contributed by atoms with Crippen LogP contribution in [0.1, 0.15) is 38.8 Å². The van der Waals surface area contributed by atoms with E-state index in [-0.39, 0.29) is 30.1 Å². The molecule has 0 atom stereocenters. The highest BCUT2D eigenvalue weighted by Gasteiger charge is 2.19. The number of nitrogens with zero attached hydrogens (tertiary/aromatic N) is 2. The normalized spacial score (nSPS) is 11.4. The van der Waals surface area contributed by atoms with Crippen molar-refractivity contribution in [2.24, 2.45) is 4.99 Å². The summed E-state index contributed by atoms with van der Waals surface area (Å²) < 4.78 is 10.4. The summed E-state index contributed by atoms with van der Waals surface area (Å²) in [4.78, 5) is 18.2. The Kier molecular flexibility index (Phi) is 12.8. The third-order valence-electron chi connectivity index (χ3n) is 3.51. The van der Waals surface area contributed by atoms with Crippen LogP contribution < -0.4 is 10.6 Å². The number of guanidine groups is 1. The van der Waals surface area contributed by atoms with Crippen molar-refractivity contribution < 1.29 is 14.3 Å². The number of carbonyl (C=O) groups is 1. The van der Waals surface area contributed by atoms with Crippen LogP contribution in [0.4, 0.5) is 4.79 Å². The lowest BCUT2D eigenvalue weighted by atomic mass is 10.1. The summed E-state index contributed by atoms with van der Waals surface area (Å²) in [6.07, 6.45) is -0.325. The molecule has 0 aliphatic heterocycles. The van der Waals surface area contributed by atoms with Crippen molar-refractivity contribution in [3.05, 3.63) is 35.4 Å². The van der Waals surface area contributed by atoms with E-state index in [9.17, 15) is 4.79 Å². The molecule has 0 aromatic heterocycles. The van der Waals surface area contributed by atoms with Gasteiger partial charge in [0.05, 0.1) is 13.2 Å². The van der Waals surface area contributed by atoms with Gasteiger partial charge in [-0.2, -0.15) is 0 Å². The summed E-state index contributed by atoms with van der Waals surface area (Å²) in [5, 5.41) is 6.42. The first-order valence-electron chi connectivity index (χ1n) is 9.28. The molecule has 8 heteroatoms. The van der Waals surface area contributed by atoms with Crippen molar-refractivity contribution in [1.82, 2.24) is 15.5 Å². The Morgan fingerprint density at radius 3 is 2.29 bits per heavy atom. The van der Waals surface area contributed by atoms with Crippen molar-refractivity contribution in [3.63, 3.8) is 0 Å². The number of aliphatic imine (C=N–C) groups is 1. The topological polar surface area (TPSA) is 75.2 Å². The van der Waals surface area contributed by atoms with Crippen molar-refractivity contribution >= 4 is 36.0 Å². The van der Waals surface area contributed by atoms with Gasteiger partial charge in [0.15, 0.2) is 5.96 Å². The molecule has 0 fully saturated rings. The quantitative estimate of drug-likeness (QED) is 0.245. The summed E-state index contributed by atoms with van der Waals surface area (Å²) in [6, 6.07) is 8.08. The number of carbonyl (C=O) groups excluding carboxylic acids is 1.